The Morgan fingerprint density at radius 2 is 1.64 bits per heavy atom. The van der Waals surface area contributed by atoms with Crippen molar-refractivity contribution in [1.82, 2.24) is 19.1 Å². The van der Waals surface area contributed by atoms with E-state index in [9.17, 15) is 17.6 Å². The predicted molar refractivity (Wildman–Crippen MR) is 155 cm³/mol. The van der Waals surface area contributed by atoms with Gasteiger partial charge in [0.25, 0.3) is 6.23 Å². The Hall–Kier alpha value is -2.09. The molecular formula is C24H29Cl3FN5O4S2. The monoisotopic (exact) mass is 639 g/mol. The summed E-state index contributed by atoms with van der Waals surface area (Å²) in [4.78, 5) is 16.4. The number of hydrogen-bond donors (Lipinski definition) is 0. The average Bonchev–Trinajstić information content (AvgIpc) is 3.36. The lowest BCUT2D eigenvalue weighted by atomic mass is 9.90. The van der Waals surface area contributed by atoms with E-state index >= 15 is 0 Å². The Balaban J connectivity index is 0.000000274. The quantitative estimate of drug-likeness (QED) is 0.196. The maximum atomic E-state index is 13.4. The van der Waals surface area contributed by atoms with Crippen molar-refractivity contribution in [2.45, 2.75) is 37.8 Å². The standard InChI is InChI=1S/C14H16ClN3O2.C10H13Cl2FN2O2S2/c1-14(2,3)12(19)13(18-9-16-8-17-18)20-11-6-4-10(15)5-7-11;1-8-4-6-9(7-5-8)15(18-10(11,12)13)19(16,17)14(2)3/h4-9,13H,1-3H3;4-7H,1-3H3. The third kappa shape index (κ3) is 10.1. The van der Waals surface area contributed by atoms with Gasteiger partial charge < -0.3 is 4.74 Å². The summed E-state index contributed by atoms with van der Waals surface area (Å²) < 4.78 is 43.7. The van der Waals surface area contributed by atoms with Gasteiger partial charge in [0, 0.05) is 36.5 Å². The molecule has 3 aromatic rings. The van der Waals surface area contributed by atoms with E-state index in [2.05, 4.69) is 10.1 Å². The van der Waals surface area contributed by atoms with Crippen molar-refractivity contribution in [2.24, 2.45) is 5.41 Å². The molecule has 0 aliphatic rings. The fourth-order valence-corrected chi connectivity index (χ4v) is 5.69. The minimum Gasteiger partial charge on any atom is -0.461 e. The maximum absolute atomic E-state index is 13.4. The Bertz CT molecular complexity index is 1310. The number of aromatic nitrogens is 3. The molecule has 1 aromatic heterocycles. The third-order valence-corrected chi connectivity index (χ3v) is 8.40. The van der Waals surface area contributed by atoms with Crippen molar-refractivity contribution in [1.29, 1.82) is 0 Å². The van der Waals surface area contributed by atoms with Crippen LogP contribution in [0.15, 0.2) is 61.2 Å². The first-order valence-corrected chi connectivity index (χ1v) is 14.6. The van der Waals surface area contributed by atoms with Crippen LogP contribution in [0.3, 0.4) is 0 Å². The van der Waals surface area contributed by atoms with Crippen molar-refractivity contribution in [3.63, 3.8) is 0 Å². The normalized spacial score (nSPS) is 12.9. The van der Waals surface area contributed by atoms with E-state index in [4.69, 9.17) is 39.5 Å². The van der Waals surface area contributed by atoms with Crippen LogP contribution in [0.2, 0.25) is 5.02 Å². The zero-order valence-corrected chi connectivity index (χ0v) is 25.9. The van der Waals surface area contributed by atoms with Crippen LogP contribution in [0.5, 0.6) is 5.75 Å². The number of anilines is 1. The first-order valence-electron chi connectivity index (χ1n) is 11.3. The number of carbonyl (C=O) groups excluding carboxylic acids is 1. The Kier molecular flexibility index (Phi) is 11.5. The molecule has 15 heteroatoms. The van der Waals surface area contributed by atoms with Gasteiger partial charge in [0.2, 0.25) is 5.78 Å². The summed E-state index contributed by atoms with van der Waals surface area (Å²) in [6.45, 7) is 7.36. The number of nitrogens with zero attached hydrogens (tertiary/aromatic N) is 5. The van der Waals surface area contributed by atoms with Gasteiger partial charge in [-0.05, 0) is 43.3 Å². The minimum absolute atomic E-state index is 0.0852. The summed E-state index contributed by atoms with van der Waals surface area (Å²) in [5, 5.41) is 4.61. The van der Waals surface area contributed by atoms with Crippen molar-refractivity contribution in [3.8, 4) is 5.75 Å². The van der Waals surface area contributed by atoms with Crippen LogP contribution < -0.4 is 8.45 Å². The van der Waals surface area contributed by atoms with Crippen LogP contribution >= 0.6 is 46.8 Å². The predicted octanol–water partition coefficient (Wildman–Crippen LogP) is 6.44. The topological polar surface area (TPSA) is 97.6 Å². The number of hydrogen-bond acceptors (Lipinski definition) is 7. The molecule has 0 radical (unpaired) electrons. The Labute approximate surface area is 247 Å². The molecule has 9 nitrogen and oxygen atoms in total. The van der Waals surface area contributed by atoms with Gasteiger partial charge in [0.1, 0.15) is 18.4 Å². The highest BCUT2D eigenvalue weighted by molar-refractivity contribution is 8.15. The van der Waals surface area contributed by atoms with Crippen molar-refractivity contribution in [2.75, 3.05) is 17.8 Å². The lowest BCUT2D eigenvalue weighted by Crippen LogP contribution is -2.37. The fraction of sp³-hybridized carbons (Fsp3) is 0.375. The average molecular weight is 641 g/mol. The summed E-state index contributed by atoms with van der Waals surface area (Å²) in [5.41, 5.74) is 0.648. The number of alkyl halides is 3. The van der Waals surface area contributed by atoms with E-state index in [0.717, 1.165) is 13.6 Å². The summed E-state index contributed by atoms with van der Waals surface area (Å²) in [5.74, 6) is 0.463. The zero-order chi connectivity index (χ0) is 29.6. The van der Waals surface area contributed by atoms with Crippen molar-refractivity contribution >= 4 is 68.4 Å². The van der Waals surface area contributed by atoms with E-state index in [1.165, 1.54) is 31.4 Å². The van der Waals surface area contributed by atoms with E-state index in [-0.39, 0.29) is 23.4 Å². The number of aryl methyl sites for hydroxylation is 1. The number of benzene rings is 2. The molecule has 0 bridgehead atoms. The minimum atomic E-state index is -3.92. The van der Waals surface area contributed by atoms with Crippen LogP contribution in [-0.2, 0) is 15.0 Å². The molecular weight excluding hydrogens is 612 g/mol. The van der Waals surface area contributed by atoms with Crippen LogP contribution in [-0.4, -0.2) is 51.3 Å². The van der Waals surface area contributed by atoms with Gasteiger partial charge in [-0.15, -0.1) is 0 Å². The van der Waals surface area contributed by atoms with Gasteiger partial charge in [0.15, 0.2) is 0 Å². The first-order chi connectivity index (χ1) is 17.9. The molecule has 3 rings (SSSR count). The zero-order valence-electron chi connectivity index (χ0n) is 22.0. The molecule has 0 N–H and O–H groups in total. The second-order valence-electron chi connectivity index (χ2n) is 9.30. The van der Waals surface area contributed by atoms with Gasteiger partial charge in [-0.2, -0.15) is 25.9 Å². The van der Waals surface area contributed by atoms with Crippen LogP contribution in [0.1, 0.15) is 32.6 Å². The van der Waals surface area contributed by atoms with Gasteiger partial charge in [-0.1, -0.05) is 73.3 Å². The fourth-order valence-electron chi connectivity index (χ4n) is 2.72. The molecule has 0 spiro atoms. The van der Waals surface area contributed by atoms with E-state index in [0.29, 0.717) is 10.8 Å². The van der Waals surface area contributed by atoms with E-state index in [1.54, 1.807) is 48.5 Å². The third-order valence-electron chi connectivity index (χ3n) is 4.80. The second-order valence-corrected chi connectivity index (χ2v) is 14.8. The SMILES string of the molecule is CC(C)(C)C(=O)C(Oc1ccc(Cl)cc1)n1cncn1.Cc1ccc(N(SC(F)(Cl)Cl)S(=O)(=O)N(C)C)cc1. The van der Waals surface area contributed by atoms with Crippen LogP contribution in [0.25, 0.3) is 0 Å². The highest BCUT2D eigenvalue weighted by Gasteiger charge is 2.36. The largest absolute Gasteiger partial charge is 0.461 e. The lowest BCUT2D eigenvalue weighted by molar-refractivity contribution is -0.138. The molecule has 214 valence electrons. The highest BCUT2D eigenvalue weighted by atomic mass is 35.5. The van der Waals surface area contributed by atoms with E-state index < -0.39 is 25.8 Å². The Morgan fingerprint density at radius 1 is 1.08 bits per heavy atom. The molecule has 2 aromatic carbocycles. The molecule has 1 heterocycles. The molecule has 1 atom stereocenters. The molecule has 39 heavy (non-hydrogen) atoms. The molecule has 0 aliphatic carbocycles. The number of halogens is 4. The summed E-state index contributed by atoms with van der Waals surface area (Å²) >= 11 is 16.5. The number of ketones is 1. The van der Waals surface area contributed by atoms with Crippen molar-refractivity contribution < 1.29 is 22.3 Å². The smallest absolute Gasteiger partial charge is 0.324 e. The van der Waals surface area contributed by atoms with Crippen LogP contribution in [0.4, 0.5) is 10.1 Å². The van der Waals surface area contributed by atoms with Crippen LogP contribution in [0, 0.1) is 12.3 Å². The molecule has 0 saturated carbocycles. The lowest BCUT2D eigenvalue weighted by Gasteiger charge is -2.27. The molecule has 0 saturated heterocycles. The molecule has 0 fully saturated rings. The number of carbonyl (C=O) groups is 1. The van der Waals surface area contributed by atoms with Crippen molar-refractivity contribution in [3.05, 3.63) is 71.8 Å². The highest BCUT2D eigenvalue weighted by Crippen LogP contribution is 2.42. The van der Waals surface area contributed by atoms with Gasteiger partial charge in [-0.3, -0.25) is 4.79 Å². The first kappa shape index (κ1) is 33.1. The van der Waals surface area contributed by atoms with Gasteiger partial charge in [0.05, 0.1) is 5.69 Å². The summed E-state index contributed by atoms with van der Waals surface area (Å²) in [7, 11) is -1.25. The second kappa shape index (κ2) is 13.5. The molecule has 0 amide bonds. The summed E-state index contributed by atoms with van der Waals surface area (Å²) in [6.07, 6.45) is 1.98. The molecule has 0 aliphatic heterocycles. The number of ether oxygens (including phenoxy) is 1. The van der Waals surface area contributed by atoms with E-state index in [1.807, 2.05) is 27.7 Å². The maximum Gasteiger partial charge on any atom is 0.324 e. The molecule has 1 unspecified atom stereocenters. The Morgan fingerprint density at radius 3 is 2.08 bits per heavy atom. The summed E-state index contributed by atoms with van der Waals surface area (Å²) in [6, 6.07) is 13.3. The van der Waals surface area contributed by atoms with Gasteiger partial charge in [-0.25, -0.2) is 9.67 Å². The number of Topliss-reactive ketones (excluding diaryl/α,β-unsaturated/α-hetero) is 1. The van der Waals surface area contributed by atoms with Gasteiger partial charge >= 0.3 is 14.1 Å². The number of rotatable bonds is 9.